The lowest BCUT2D eigenvalue weighted by Crippen LogP contribution is -2.30. The van der Waals surface area contributed by atoms with Gasteiger partial charge in [0.15, 0.2) is 0 Å². The van der Waals surface area contributed by atoms with Crippen LogP contribution in [0, 0.1) is 13.8 Å². The fraction of sp³-hybridized carbons (Fsp3) is 0.312. The number of hydrogen-bond donors (Lipinski definition) is 2. The number of carbonyl (C=O) groups is 1. The second-order valence-electron chi connectivity index (χ2n) is 4.96. The van der Waals surface area contributed by atoms with Crippen molar-refractivity contribution in [3.05, 3.63) is 52.3 Å². The van der Waals surface area contributed by atoms with Gasteiger partial charge in [0.2, 0.25) is 0 Å². The molecule has 1 amide bonds. The van der Waals surface area contributed by atoms with Crippen LogP contribution in [0.1, 0.15) is 21.7 Å². The number of likely N-dealkylation sites (N-methyl/N-ethyl adjacent to an activating group) is 1. The monoisotopic (exact) mass is 341 g/mol. The first kappa shape index (κ1) is 18.6. The van der Waals surface area contributed by atoms with Crippen LogP contribution in [-0.4, -0.2) is 30.6 Å². The molecule has 2 aromatic rings. The van der Waals surface area contributed by atoms with Gasteiger partial charge in [-0.1, -0.05) is 11.6 Å². The highest BCUT2D eigenvalue weighted by Gasteiger charge is 2.16. The lowest BCUT2D eigenvalue weighted by atomic mass is 10.2. The second-order valence-corrected chi connectivity index (χ2v) is 5.39. The molecule has 0 unspecified atom stereocenters. The summed E-state index contributed by atoms with van der Waals surface area (Å²) in [4.78, 5) is 12.2. The van der Waals surface area contributed by atoms with Crippen molar-refractivity contribution in [2.45, 2.75) is 13.8 Å². The topological polar surface area (TPSA) is 46.1 Å². The molecule has 0 aliphatic carbocycles. The Morgan fingerprint density at radius 2 is 1.82 bits per heavy atom. The minimum absolute atomic E-state index is 0. The van der Waals surface area contributed by atoms with Gasteiger partial charge < -0.3 is 15.2 Å². The van der Waals surface area contributed by atoms with Crippen LogP contribution < -0.4 is 10.6 Å². The second kappa shape index (κ2) is 8.22. The van der Waals surface area contributed by atoms with Crippen LogP contribution >= 0.6 is 24.0 Å². The van der Waals surface area contributed by atoms with Gasteiger partial charge in [-0.05, 0) is 51.2 Å². The number of amides is 1. The van der Waals surface area contributed by atoms with E-state index in [1.54, 1.807) is 0 Å². The Kier molecular flexibility index (Phi) is 6.94. The van der Waals surface area contributed by atoms with E-state index >= 15 is 0 Å². The molecule has 22 heavy (non-hydrogen) atoms. The molecule has 0 fully saturated rings. The van der Waals surface area contributed by atoms with Gasteiger partial charge in [-0.2, -0.15) is 0 Å². The highest BCUT2D eigenvalue weighted by atomic mass is 35.5. The van der Waals surface area contributed by atoms with E-state index in [-0.39, 0.29) is 18.3 Å². The molecule has 2 N–H and O–H groups in total. The lowest BCUT2D eigenvalue weighted by molar-refractivity contribution is 0.0953. The Hall–Kier alpha value is -1.49. The maximum atomic E-state index is 12.2. The number of carbonyl (C=O) groups excluding carboxylic acids is 1. The highest BCUT2D eigenvalue weighted by Crippen LogP contribution is 2.22. The molecule has 120 valence electrons. The van der Waals surface area contributed by atoms with Crippen molar-refractivity contribution in [3.8, 4) is 5.69 Å². The third-order valence-corrected chi connectivity index (χ3v) is 3.67. The standard InChI is InChI=1S/C16H20ClN3O.ClH/c1-11-10-15(16(21)19-9-8-18-3)12(2)20(11)14-6-4-13(17)5-7-14;/h4-7,10,18H,8-9H2,1-3H3,(H,19,21);1H. The Morgan fingerprint density at radius 3 is 2.41 bits per heavy atom. The average molecular weight is 342 g/mol. The van der Waals surface area contributed by atoms with Crippen molar-refractivity contribution in [2.75, 3.05) is 20.1 Å². The molecule has 6 heteroatoms. The van der Waals surface area contributed by atoms with Crippen LogP contribution in [0.15, 0.2) is 30.3 Å². The summed E-state index contributed by atoms with van der Waals surface area (Å²) in [6.45, 7) is 5.31. The number of nitrogens with zero attached hydrogens (tertiary/aromatic N) is 1. The van der Waals surface area contributed by atoms with Crippen molar-refractivity contribution in [3.63, 3.8) is 0 Å². The minimum atomic E-state index is -0.0430. The van der Waals surface area contributed by atoms with Crippen molar-refractivity contribution >= 4 is 29.9 Å². The van der Waals surface area contributed by atoms with Crippen molar-refractivity contribution < 1.29 is 4.79 Å². The summed E-state index contributed by atoms with van der Waals surface area (Å²) < 4.78 is 2.06. The van der Waals surface area contributed by atoms with Crippen molar-refractivity contribution in [1.82, 2.24) is 15.2 Å². The maximum absolute atomic E-state index is 12.2. The SMILES string of the molecule is CNCCNC(=O)c1cc(C)n(-c2ccc(Cl)cc2)c1C.Cl. The van der Waals surface area contributed by atoms with Gasteiger partial charge >= 0.3 is 0 Å². The van der Waals surface area contributed by atoms with Crippen molar-refractivity contribution in [1.29, 1.82) is 0 Å². The zero-order valence-electron chi connectivity index (χ0n) is 12.9. The van der Waals surface area contributed by atoms with Gasteiger partial charge in [0.1, 0.15) is 0 Å². The van der Waals surface area contributed by atoms with Crippen LogP contribution in [0.5, 0.6) is 0 Å². The molecule has 1 aromatic heterocycles. The zero-order valence-corrected chi connectivity index (χ0v) is 14.5. The number of benzene rings is 1. The molecule has 0 radical (unpaired) electrons. The largest absolute Gasteiger partial charge is 0.351 e. The van der Waals surface area contributed by atoms with E-state index in [4.69, 9.17) is 11.6 Å². The van der Waals surface area contributed by atoms with E-state index in [0.717, 1.165) is 23.6 Å². The molecule has 0 spiro atoms. The Bertz CT molecular complexity index is 636. The first-order valence-corrected chi connectivity index (χ1v) is 7.30. The van der Waals surface area contributed by atoms with Gasteiger partial charge in [-0.25, -0.2) is 0 Å². The van der Waals surface area contributed by atoms with Gasteiger partial charge in [-0.3, -0.25) is 4.79 Å². The molecule has 0 aliphatic heterocycles. The summed E-state index contributed by atoms with van der Waals surface area (Å²) in [5.74, 6) is -0.0430. The number of hydrogen-bond acceptors (Lipinski definition) is 2. The minimum Gasteiger partial charge on any atom is -0.351 e. The van der Waals surface area contributed by atoms with Crippen LogP contribution in [-0.2, 0) is 0 Å². The molecular formula is C16H21Cl2N3O. The summed E-state index contributed by atoms with van der Waals surface area (Å²) in [5.41, 5.74) is 3.66. The summed E-state index contributed by atoms with van der Waals surface area (Å²) in [6.07, 6.45) is 0. The predicted molar refractivity (Wildman–Crippen MR) is 93.8 cm³/mol. The van der Waals surface area contributed by atoms with Gasteiger partial charge in [0.05, 0.1) is 5.56 Å². The molecule has 0 aliphatic rings. The fourth-order valence-corrected chi connectivity index (χ4v) is 2.50. The smallest absolute Gasteiger partial charge is 0.253 e. The van der Waals surface area contributed by atoms with Gasteiger partial charge in [-0.15, -0.1) is 12.4 Å². The van der Waals surface area contributed by atoms with Gasteiger partial charge in [0, 0.05) is 35.2 Å². The molecule has 0 saturated heterocycles. The molecule has 0 atom stereocenters. The molecule has 1 heterocycles. The van der Waals surface area contributed by atoms with E-state index in [2.05, 4.69) is 15.2 Å². The third kappa shape index (κ3) is 4.03. The number of nitrogens with one attached hydrogen (secondary N) is 2. The van der Waals surface area contributed by atoms with Crippen LogP contribution in [0.25, 0.3) is 5.69 Å². The molecule has 4 nitrogen and oxygen atoms in total. The predicted octanol–water partition coefficient (Wildman–Crippen LogP) is 3.12. The highest BCUT2D eigenvalue weighted by molar-refractivity contribution is 6.30. The first-order valence-electron chi connectivity index (χ1n) is 6.92. The van der Waals surface area contributed by atoms with Crippen LogP contribution in [0.3, 0.4) is 0 Å². The first-order chi connectivity index (χ1) is 10.0. The van der Waals surface area contributed by atoms with E-state index in [1.807, 2.05) is 51.2 Å². The Balaban J connectivity index is 0.00000242. The zero-order chi connectivity index (χ0) is 15.4. The quantitative estimate of drug-likeness (QED) is 0.820. The Morgan fingerprint density at radius 1 is 1.18 bits per heavy atom. The number of rotatable bonds is 5. The normalized spacial score (nSPS) is 10.2. The van der Waals surface area contributed by atoms with E-state index in [0.29, 0.717) is 17.1 Å². The van der Waals surface area contributed by atoms with E-state index in [9.17, 15) is 4.79 Å². The lowest BCUT2D eigenvalue weighted by Gasteiger charge is -2.10. The summed E-state index contributed by atoms with van der Waals surface area (Å²) >= 11 is 5.93. The maximum Gasteiger partial charge on any atom is 0.253 e. The molecule has 0 bridgehead atoms. The fourth-order valence-electron chi connectivity index (χ4n) is 2.38. The summed E-state index contributed by atoms with van der Waals surface area (Å²) in [7, 11) is 1.86. The van der Waals surface area contributed by atoms with E-state index in [1.165, 1.54) is 0 Å². The Labute approximate surface area is 142 Å². The number of aryl methyl sites for hydroxylation is 1. The number of halogens is 2. The van der Waals surface area contributed by atoms with Crippen molar-refractivity contribution in [2.24, 2.45) is 0 Å². The molecule has 0 saturated carbocycles. The van der Waals surface area contributed by atoms with Crippen LogP contribution in [0.4, 0.5) is 0 Å². The molecule has 1 aromatic carbocycles. The third-order valence-electron chi connectivity index (χ3n) is 3.42. The van der Waals surface area contributed by atoms with E-state index < -0.39 is 0 Å². The molecular weight excluding hydrogens is 321 g/mol. The average Bonchev–Trinajstić information content (AvgIpc) is 2.76. The van der Waals surface area contributed by atoms with Gasteiger partial charge in [0.25, 0.3) is 5.91 Å². The summed E-state index contributed by atoms with van der Waals surface area (Å²) in [6, 6.07) is 9.51. The molecule has 2 rings (SSSR count). The van der Waals surface area contributed by atoms with Crippen LogP contribution in [0.2, 0.25) is 5.02 Å². The summed E-state index contributed by atoms with van der Waals surface area (Å²) in [5, 5.41) is 6.61. The number of aromatic nitrogens is 1.